The van der Waals surface area contributed by atoms with E-state index in [1.807, 2.05) is 20.8 Å². The summed E-state index contributed by atoms with van der Waals surface area (Å²) < 4.78 is 39.8. The molecule has 0 saturated heterocycles. The average molecular weight is 521 g/mol. The van der Waals surface area contributed by atoms with Gasteiger partial charge in [0.1, 0.15) is 6.29 Å². The van der Waals surface area contributed by atoms with Gasteiger partial charge in [0.2, 0.25) is 0 Å². The molecule has 202 valence electrons. The first kappa shape index (κ1) is 29.5. The summed E-state index contributed by atoms with van der Waals surface area (Å²) in [5, 5.41) is 63.7. The van der Waals surface area contributed by atoms with E-state index in [9.17, 15) is 48.6 Å². The second-order valence-electron chi connectivity index (χ2n) is 9.53. The van der Waals surface area contributed by atoms with Gasteiger partial charge in [-0.2, -0.15) is 18.3 Å². The van der Waals surface area contributed by atoms with E-state index in [0.29, 0.717) is 6.42 Å². The highest BCUT2D eigenvalue weighted by Crippen LogP contribution is 2.38. The Bertz CT molecular complexity index is 1030. The van der Waals surface area contributed by atoms with Crippen LogP contribution in [0, 0.1) is 5.41 Å². The fraction of sp³-hybridized carbons (Fsp3) is 0.545. The Balaban J connectivity index is 0.000000572. The van der Waals surface area contributed by atoms with Crippen molar-refractivity contribution in [3.05, 3.63) is 40.7 Å². The van der Waals surface area contributed by atoms with Gasteiger partial charge in [0.15, 0.2) is 5.69 Å². The fourth-order valence-electron chi connectivity index (χ4n) is 3.48. The molecule has 0 unspecified atom stereocenters. The van der Waals surface area contributed by atoms with E-state index in [-0.39, 0.29) is 42.1 Å². The van der Waals surface area contributed by atoms with E-state index in [2.05, 4.69) is 10.4 Å². The summed E-state index contributed by atoms with van der Waals surface area (Å²) in [6.45, 7) is 6.25. The molecule has 1 aromatic heterocycles. The van der Waals surface area contributed by atoms with E-state index in [4.69, 9.17) is 0 Å². The number of anilines is 2. The van der Waals surface area contributed by atoms with E-state index >= 15 is 0 Å². The number of aromatic nitrogens is 2. The predicted octanol–water partition coefficient (Wildman–Crippen LogP) is 0.760. The maximum absolute atomic E-state index is 12.9. The molecule has 11 nitrogen and oxygen atoms in total. The molecule has 0 spiro atoms. The Morgan fingerprint density at radius 2 is 1.50 bits per heavy atom. The van der Waals surface area contributed by atoms with Crippen LogP contribution in [0.15, 0.2) is 18.2 Å². The number of fused-ring (bicyclic) bond motifs is 1. The molecule has 7 N–H and O–H groups in total. The van der Waals surface area contributed by atoms with Gasteiger partial charge in [-0.15, -0.1) is 0 Å². The molecule has 1 aliphatic rings. The molecular weight excluding hydrogens is 489 g/mol. The molecular formula is C22H31F3N4O7. The Morgan fingerprint density at radius 1 is 0.972 bits per heavy atom. The Hall–Kier alpha value is -2.75. The minimum Gasteiger partial charge on any atom is -0.387 e. The molecule has 36 heavy (non-hydrogen) atoms. The number of aliphatic hydroxyl groups is 6. The lowest BCUT2D eigenvalue weighted by atomic mass is 9.93. The van der Waals surface area contributed by atoms with E-state index in [1.54, 1.807) is 0 Å². The summed E-state index contributed by atoms with van der Waals surface area (Å²) in [7, 11) is 1.28. The van der Waals surface area contributed by atoms with E-state index in [1.165, 1.54) is 16.6 Å². The lowest BCUT2D eigenvalue weighted by Gasteiger charge is -2.32. The van der Waals surface area contributed by atoms with Gasteiger partial charge in [-0.05, 0) is 23.6 Å². The van der Waals surface area contributed by atoms with Crippen LogP contribution in [0.3, 0.4) is 0 Å². The molecule has 2 aromatic rings. The van der Waals surface area contributed by atoms with Crippen LogP contribution in [-0.4, -0.2) is 60.3 Å². The molecule has 2 heterocycles. The van der Waals surface area contributed by atoms with Crippen LogP contribution in [0.2, 0.25) is 0 Å². The Morgan fingerprint density at radius 3 is 1.86 bits per heavy atom. The number of alkyl halides is 3. The zero-order valence-corrected chi connectivity index (χ0v) is 20.2. The highest BCUT2D eigenvalue weighted by molar-refractivity contribution is 5.67. The second kappa shape index (κ2) is 10.3. The van der Waals surface area contributed by atoms with Crippen LogP contribution < -0.4 is 10.2 Å². The number of nitrogens with one attached hydrogen (secondary N) is 1. The van der Waals surface area contributed by atoms with Gasteiger partial charge in [0.05, 0.1) is 35.6 Å². The van der Waals surface area contributed by atoms with Crippen molar-refractivity contribution in [2.45, 2.75) is 58.4 Å². The third-order valence-corrected chi connectivity index (χ3v) is 5.25. The van der Waals surface area contributed by atoms with Gasteiger partial charge in [0, 0.05) is 25.7 Å². The van der Waals surface area contributed by atoms with Crippen molar-refractivity contribution in [3.63, 3.8) is 0 Å². The van der Waals surface area contributed by atoms with Crippen molar-refractivity contribution in [1.82, 2.24) is 9.78 Å². The van der Waals surface area contributed by atoms with Gasteiger partial charge in [-0.1, -0.05) is 20.8 Å². The Kier molecular flexibility index (Phi) is 8.45. The van der Waals surface area contributed by atoms with Crippen molar-refractivity contribution in [2.24, 2.45) is 5.41 Å². The maximum Gasteiger partial charge on any atom is 0.435 e. The SMILES string of the molecule is CC(C)(C)CC=O.CNc1c(C(O)(O)O)cc(N2CCn3nc(C(F)(F)F)cc3C2)cc1C(O)(O)O. The van der Waals surface area contributed by atoms with E-state index < -0.39 is 34.9 Å². The first-order valence-electron chi connectivity index (χ1n) is 10.8. The van der Waals surface area contributed by atoms with Crippen LogP contribution >= 0.6 is 0 Å². The summed E-state index contributed by atoms with van der Waals surface area (Å²) in [5.74, 6) is -6.81. The molecule has 1 aliphatic heterocycles. The van der Waals surface area contributed by atoms with Crippen LogP contribution in [-0.2, 0) is 36.0 Å². The average Bonchev–Trinajstić information content (AvgIpc) is 3.15. The third-order valence-electron chi connectivity index (χ3n) is 5.25. The molecule has 0 bridgehead atoms. The van der Waals surface area contributed by atoms with Crippen molar-refractivity contribution >= 4 is 17.7 Å². The molecule has 3 rings (SSSR count). The number of aldehydes is 1. The minimum absolute atomic E-state index is 0.0644. The van der Waals surface area contributed by atoms with Crippen molar-refractivity contribution in [1.29, 1.82) is 0 Å². The summed E-state index contributed by atoms with van der Waals surface area (Å²) >= 11 is 0. The molecule has 0 fully saturated rings. The molecule has 14 heteroatoms. The van der Waals surface area contributed by atoms with Gasteiger partial charge < -0.3 is 45.7 Å². The molecule has 0 aliphatic carbocycles. The maximum atomic E-state index is 12.9. The van der Waals surface area contributed by atoms with Crippen LogP contribution in [0.25, 0.3) is 0 Å². The number of carbonyl (C=O) groups is 1. The number of nitrogens with zero attached hydrogens (tertiary/aromatic N) is 3. The number of hydrogen-bond acceptors (Lipinski definition) is 10. The van der Waals surface area contributed by atoms with Crippen molar-refractivity contribution in [2.75, 3.05) is 23.8 Å². The summed E-state index contributed by atoms with van der Waals surface area (Å²) in [6.07, 6.45) is -2.99. The predicted molar refractivity (Wildman–Crippen MR) is 121 cm³/mol. The van der Waals surface area contributed by atoms with Crippen molar-refractivity contribution < 1.29 is 48.6 Å². The van der Waals surface area contributed by atoms with Gasteiger partial charge >= 0.3 is 18.1 Å². The van der Waals surface area contributed by atoms with E-state index in [0.717, 1.165) is 24.5 Å². The molecule has 0 amide bonds. The smallest absolute Gasteiger partial charge is 0.387 e. The largest absolute Gasteiger partial charge is 0.435 e. The number of rotatable bonds is 5. The molecule has 0 atom stereocenters. The summed E-state index contributed by atoms with van der Waals surface area (Å²) in [6, 6.07) is 3.06. The Labute approximate surface area is 205 Å². The normalized spacial score (nSPS) is 14.6. The zero-order chi connectivity index (χ0) is 27.7. The first-order valence-corrected chi connectivity index (χ1v) is 10.8. The number of halogens is 3. The molecule has 0 radical (unpaired) electrons. The van der Waals surface area contributed by atoms with Gasteiger partial charge in [-0.3, -0.25) is 4.68 Å². The fourth-order valence-corrected chi connectivity index (χ4v) is 3.48. The van der Waals surface area contributed by atoms with Gasteiger partial charge in [0.25, 0.3) is 0 Å². The van der Waals surface area contributed by atoms with Crippen LogP contribution in [0.4, 0.5) is 24.5 Å². The molecule has 0 saturated carbocycles. The zero-order valence-electron chi connectivity index (χ0n) is 20.2. The number of hydrogen-bond donors (Lipinski definition) is 7. The summed E-state index contributed by atoms with van der Waals surface area (Å²) in [4.78, 5) is 11.3. The number of carbonyl (C=O) groups excluding carboxylic acids is 1. The summed E-state index contributed by atoms with van der Waals surface area (Å²) in [5.41, 5.74) is -2.15. The lowest BCUT2D eigenvalue weighted by Crippen LogP contribution is -2.35. The third kappa shape index (κ3) is 7.38. The first-order chi connectivity index (χ1) is 16.3. The lowest BCUT2D eigenvalue weighted by molar-refractivity contribution is -0.326. The monoisotopic (exact) mass is 520 g/mol. The quantitative estimate of drug-likeness (QED) is 0.221. The van der Waals surface area contributed by atoms with Crippen LogP contribution in [0.1, 0.15) is 49.7 Å². The standard InChI is InChI=1S/C16H19F3N4O6.C6H12O/c1-20-13-10(15(24,25)26)4-8(5-11(13)16(27,28)29)22-2-3-23-9(7-22)6-12(21-23)14(17,18)19;1-6(2,3)4-5-7/h4-6,20,24-29H,2-3,7H2,1H3;5H,4H2,1-3H3. The van der Waals surface area contributed by atoms with Crippen molar-refractivity contribution in [3.8, 4) is 0 Å². The molecule has 1 aromatic carbocycles. The highest BCUT2D eigenvalue weighted by atomic mass is 19.4. The second-order valence-corrected chi connectivity index (χ2v) is 9.53. The number of benzene rings is 1. The van der Waals surface area contributed by atoms with Crippen LogP contribution in [0.5, 0.6) is 0 Å². The van der Waals surface area contributed by atoms with Gasteiger partial charge in [-0.25, -0.2) is 0 Å². The topological polar surface area (TPSA) is 172 Å². The minimum atomic E-state index is -4.61. The highest BCUT2D eigenvalue weighted by Gasteiger charge is 2.37.